The molecular formula is C9H11NO4S. The summed E-state index contributed by atoms with van der Waals surface area (Å²) in [6.45, 7) is 1.96. The third kappa shape index (κ3) is 2.27. The molecule has 0 fully saturated rings. The van der Waals surface area contributed by atoms with Crippen molar-refractivity contribution in [3.8, 4) is 0 Å². The highest BCUT2D eigenvalue weighted by molar-refractivity contribution is 7.13. The lowest BCUT2D eigenvalue weighted by atomic mass is 10.2. The van der Waals surface area contributed by atoms with Crippen LogP contribution in [0, 0.1) is 0 Å². The van der Waals surface area contributed by atoms with E-state index in [1.165, 1.54) is 12.5 Å². The van der Waals surface area contributed by atoms with Crippen molar-refractivity contribution in [2.75, 3.05) is 19.5 Å². The van der Waals surface area contributed by atoms with E-state index in [2.05, 4.69) is 4.74 Å². The molecule has 0 saturated heterocycles. The van der Waals surface area contributed by atoms with E-state index in [4.69, 9.17) is 10.5 Å². The van der Waals surface area contributed by atoms with E-state index < -0.39 is 11.9 Å². The molecule has 0 aliphatic heterocycles. The molecule has 5 nitrogen and oxygen atoms in total. The Kier molecular flexibility index (Phi) is 3.68. The molecule has 0 aliphatic rings. The molecule has 0 aliphatic carbocycles. The second-order valence-electron chi connectivity index (χ2n) is 2.60. The predicted octanol–water partition coefficient (Wildman–Crippen LogP) is 1.29. The normalized spacial score (nSPS) is 9.73. The fourth-order valence-corrected chi connectivity index (χ4v) is 1.84. The summed E-state index contributed by atoms with van der Waals surface area (Å²) in [5.74, 6) is -1.07. The van der Waals surface area contributed by atoms with E-state index in [0.29, 0.717) is 0 Å². The molecule has 1 heterocycles. The lowest BCUT2D eigenvalue weighted by Gasteiger charge is -2.00. The van der Waals surface area contributed by atoms with E-state index in [1.54, 1.807) is 6.92 Å². The smallest absolute Gasteiger partial charge is 0.350 e. The number of nitrogen functional groups attached to an aromatic ring is 1. The highest BCUT2D eigenvalue weighted by Gasteiger charge is 2.20. The number of rotatable bonds is 3. The van der Waals surface area contributed by atoms with Gasteiger partial charge in [-0.25, -0.2) is 9.59 Å². The number of thiophene rings is 1. The van der Waals surface area contributed by atoms with Gasteiger partial charge in [0.2, 0.25) is 0 Å². The van der Waals surface area contributed by atoms with E-state index in [0.717, 1.165) is 11.3 Å². The van der Waals surface area contributed by atoms with Crippen LogP contribution in [0.25, 0.3) is 0 Å². The van der Waals surface area contributed by atoms with E-state index in [9.17, 15) is 9.59 Å². The van der Waals surface area contributed by atoms with Gasteiger partial charge in [0, 0.05) is 5.38 Å². The molecule has 0 spiro atoms. The van der Waals surface area contributed by atoms with Gasteiger partial charge in [-0.1, -0.05) is 0 Å². The molecule has 1 aromatic rings. The quantitative estimate of drug-likeness (QED) is 0.790. The molecule has 0 unspecified atom stereocenters. The van der Waals surface area contributed by atoms with Gasteiger partial charge in [0.1, 0.15) is 4.88 Å². The second-order valence-corrected chi connectivity index (χ2v) is 3.48. The zero-order valence-corrected chi connectivity index (χ0v) is 9.22. The van der Waals surface area contributed by atoms with Crippen molar-refractivity contribution in [3.05, 3.63) is 15.8 Å². The summed E-state index contributed by atoms with van der Waals surface area (Å²) in [5, 5.41) is 1.48. The Morgan fingerprint density at radius 2 is 2.13 bits per heavy atom. The fourth-order valence-electron chi connectivity index (χ4n) is 0.990. The molecular weight excluding hydrogens is 218 g/mol. The Labute approximate surface area is 90.8 Å². The van der Waals surface area contributed by atoms with Crippen LogP contribution >= 0.6 is 11.3 Å². The monoisotopic (exact) mass is 229 g/mol. The van der Waals surface area contributed by atoms with Gasteiger partial charge in [-0.05, 0) is 6.92 Å². The largest absolute Gasteiger partial charge is 0.465 e. The highest BCUT2D eigenvalue weighted by atomic mass is 32.1. The Hall–Kier alpha value is -1.56. The van der Waals surface area contributed by atoms with Crippen LogP contribution in [0.3, 0.4) is 0 Å². The van der Waals surface area contributed by atoms with Crippen LogP contribution in [0.1, 0.15) is 27.0 Å². The number of carbonyl (C=O) groups excluding carboxylic acids is 2. The van der Waals surface area contributed by atoms with Crippen molar-refractivity contribution < 1.29 is 19.1 Å². The molecule has 0 atom stereocenters. The first-order valence-corrected chi connectivity index (χ1v) is 5.12. The highest BCUT2D eigenvalue weighted by Crippen LogP contribution is 2.26. The zero-order chi connectivity index (χ0) is 11.4. The van der Waals surface area contributed by atoms with E-state index >= 15 is 0 Å². The van der Waals surface area contributed by atoms with E-state index in [-0.39, 0.29) is 22.7 Å². The van der Waals surface area contributed by atoms with Gasteiger partial charge in [0.25, 0.3) is 0 Å². The minimum atomic E-state index is -0.556. The number of hydrogen-bond acceptors (Lipinski definition) is 6. The van der Waals surface area contributed by atoms with Crippen molar-refractivity contribution in [2.45, 2.75) is 6.92 Å². The molecule has 2 N–H and O–H groups in total. The number of methoxy groups -OCH3 is 1. The van der Waals surface area contributed by atoms with Crippen LogP contribution in [0.15, 0.2) is 5.38 Å². The van der Waals surface area contributed by atoms with Gasteiger partial charge in [-0.2, -0.15) is 0 Å². The topological polar surface area (TPSA) is 78.6 Å². The van der Waals surface area contributed by atoms with Crippen molar-refractivity contribution in [2.24, 2.45) is 0 Å². The maximum absolute atomic E-state index is 11.3. The molecule has 6 heteroatoms. The molecule has 0 amide bonds. The maximum atomic E-state index is 11.3. The van der Waals surface area contributed by atoms with Crippen molar-refractivity contribution >= 4 is 29.0 Å². The average molecular weight is 229 g/mol. The molecule has 0 aromatic carbocycles. The zero-order valence-electron chi connectivity index (χ0n) is 8.40. The van der Waals surface area contributed by atoms with Crippen molar-refractivity contribution in [3.63, 3.8) is 0 Å². The maximum Gasteiger partial charge on any atom is 0.350 e. The minimum absolute atomic E-state index is 0.116. The molecule has 1 rings (SSSR count). The van der Waals surface area contributed by atoms with Gasteiger partial charge in [-0.3, -0.25) is 0 Å². The van der Waals surface area contributed by atoms with Crippen molar-refractivity contribution in [1.29, 1.82) is 0 Å². The minimum Gasteiger partial charge on any atom is -0.465 e. The van der Waals surface area contributed by atoms with Gasteiger partial charge in [0.05, 0.1) is 25.0 Å². The van der Waals surface area contributed by atoms with Crippen LogP contribution in [0.2, 0.25) is 0 Å². The number of anilines is 1. The van der Waals surface area contributed by atoms with E-state index in [1.807, 2.05) is 0 Å². The third-order valence-corrected chi connectivity index (χ3v) is 2.67. The molecule has 82 valence electrons. The van der Waals surface area contributed by atoms with Crippen LogP contribution in [0.4, 0.5) is 5.69 Å². The van der Waals surface area contributed by atoms with Crippen LogP contribution in [-0.4, -0.2) is 25.7 Å². The van der Waals surface area contributed by atoms with Gasteiger partial charge in [0.15, 0.2) is 0 Å². The number of nitrogens with two attached hydrogens (primary N) is 1. The average Bonchev–Trinajstić information content (AvgIpc) is 2.59. The summed E-state index contributed by atoms with van der Waals surface area (Å²) in [7, 11) is 1.25. The summed E-state index contributed by atoms with van der Waals surface area (Å²) in [6, 6.07) is 0. The lowest BCUT2D eigenvalue weighted by molar-refractivity contribution is 0.0533. The van der Waals surface area contributed by atoms with Crippen LogP contribution < -0.4 is 5.73 Å². The fraction of sp³-hybridized carbons (Fsp3) is 0.333. The van der Waals surface area contributed by atoms with Gasteiger partial charge >= 0.3 is 11.9 Å². The molecule has 1 aromatic heterocycles. The lowest BCUT2D eigenvalue weighted by Crippen LogP contribution is -2.08. The Morgan fingerprint density at radius 3 is 2.67 bits per heavy atom. The second kappa shape index (κ2) is 4.79. The van der Waals surface area contributed by atoms with Crippen molar-refractivity contribution in [1.82, 2.24) is 0 Å². The molecule has 0 radical (unpaired) electrons. The SMILES string of the molecule is CCOC(=O)c1scc(C(=O)OC)c1N. The van der Waals surface area contributed by atoms with Gasteiger partial charge < -0.3 is 15.2 Å². The Balaban J connectivity index is 2.98. The van der Waals surface area contributed by atoms with Gasteiger partial charge in [-0.15, -0.1) is 11.3 Å². The van der Waals surface area contributed by atoms with Crippen LogP contribution in [-0.2, 0) is 9.47 Å². The van der Waals surface area contributed by atoms with Crippen LogP contribution in [0.5, 0.6) is 0 Å². The summed E-state index contributed by atoms with van der Waals surface area (Å²) in [5.41, 5.74) is 5.94. The summed E-state index contributed by atoms with van der Waals surface area (Å²) in [4.78, 5) is 22.8. The Morgan fingerprint density at radius 1 is 1.47 bits per heavy atom. The molecule has 15 heavy (non-hydrogen) atoms. The number of ether oxygens (including phenoxy) is 2. The Bertz CT molecular complexity index is 385. The summed E-state index contributed by atoms with van der Waals surface area (Å²) < 4.78 is 9.28. The standard InChI is InChI=1S/C9H11NO4S/c1-3-14-9(12)7-6(10)5(4-15-7)8(11)13-2/h4H,3,10H2,1-2H3. The molecule has 0 saturated carbocycles. The number of hydrogen-bond donors (Lipinski definition) is 1. The number of esters is 2. The summed E-state index contributed by atoms with van der Waals surface area (Å²) >= 11 is 1.07. The third-order valence-electron chi connectivity index (χ3n) is 1.70. The first kappa shape index (κ1) is 11.5. The first-order chi connectivity index (χ1) is 7.11. The predicted molar refractivity (Wildman–Crippen MR) is 56.0 cm³/mol. The number of carbonyl (C=O) groups is 2. The summed E-state index contributed by atoms with van der Waals surface area (Å²) in [6.07, 6.45) is 0. The first-order valence-electron chi connectivity index (χ1n) is 4.24. The molecule has 0 bridgehead atoms.